The summed E-state index contributed by atoms with van der Waals surface area (Å²) in [6.07, 6.45) is -4.34. The molecule has 0 heterocycles. The van der Waals surface area contributed by atoms with Crippen LogP contribution in [0.5, 0.6) is 0 Å². The Hall–Kier alpha value is -1.06. The SMILES string of the molecule is FCc1ccc(C(F)(F)F)cc1. The highest BCUT2D eigenvalue weighted by Crippen LogP contribution is 2.29. The average Bonchev–Trinajstić information content (AvgIpc) is 2.03. The summed E-state index contributed by atoms with van der Waals surface area (Å²) in [4.78, 5) is 0. The van der Waals surface area contributed by atoms with E-state index >= 15 is 0 Å². The molecule has 0 saturated heterocycles. The van der Waals surface area contributed by atoms with Crippen LogP contribution in [0.1, 0.15) is 11.1 Å². The van der Waals surface area contributed by atoms with Crippen molar-refractivity contribution < 1.29 is 17.6 Å². The first-order valence-corrected chi connectivity index (χ1v) is 3.26. The molecule has 1 rings (SSSR count). The monoisotopic (exact) mass is 178 g/mol. The van der Waals surface area contributed by atoms with Crippen LogP contribution in [0.15, 0.2) is 24.3 Å². The highest BCUT2D eigenvalue weighted by molar-refractivity contribution is 5.23. The Kier molecular flexibility index (Phi) is 2.35. The second kappa shape index (κ2) is 3.13. The summed E-state index contributed by atoms with van der Waals surface area (Å²) in [7, 11) is 0. The fraction of sp³-hybridized carbons (Fsp3) is 0.250. The van der Waals surface area contributed by atoms with Gasteiger partial charge < -0.3 is 0 Å². The van der Waals surface area contributed by atoms with Crippen LogP contribution >= 0.6 is 0 Å². The Bertz CT molecular complexity index is 247. The van der Waals surface area contributed by atoms with Crippen molar-refractivity contribution in [3.05, 3.63) is 35.4 Å². The molecular weight excluding hydrogens is 172 g/mol. The number of alkyl halides is 4. The van der Waals surface area contributed by atoms with Gasteiger partial charge in [0, 0.05) is 0 Å². The molecule has 4 heteroatoms. The molecule has 0 unspecified atom stereocenters. The molecule has 0 radical (unpaired) electrons. The van der Waals surface area contributed by atoms with Gasteiger partial charge in [-0.1, -0.05) is 12.1 Å². The van der Waals surface area contributed by atoms with E-state index in [0.717, 1.165) is 24.3 Å². The van der Waals surface area contributed by atoms with Crippen LogP contribution in [0.3, 0.4) is 0 Å². The summed E-state index contributed by atoms with van der Waals surface area (Å²) in [5.41, 5.74) is -0.498. The zero-order valence-electron chi connectivity index (χ0n) is 6.03. The molecule has 0 atom stereocenters. The molecule has 0 aromatic heterocycles. The molecule has 0 aliphatic rings. The molecule has 0 bridgehead atoms. The van der Waals surface area contributed by atoms with Crippen LogP contribution < -0.4 is 0 Å². The van der Waals surface area contributed by atoms with Crippen molar-refractivity contribution in [3.8, 4) is 0 Å². The van der Waals surface area contributed by atoms with Gasteiger partial charge in [0.05, 0.1) is 5.56 Å². The van der Waals surface area contributed by atoms with Gasteiger partial charge in [0.25, 0.3) is 0 Å². The van der Waals surface area contributed by atoms with Gasteiger partial charge in [-0.25, -0.2) is 4.39 Å². The fourth-order valence-corrected chi connectivity index (χ4v) is 0.783. The van der Waals surface area contributed by atoms with Gasteiger partial charge in [-0.3, -0.25) is 0 Å². The van der Waals surface area contributed by atoms with Crippen molar-refractivity contribution in [1.82, 2.24) is 0 Å². The molecule has 1 aromatic carbocycles. The highest BCUT2D eigenvalue weighted by atomic mass is 19.4. The summed E-state index contributed by atoms with van der Waals surface area (Å²) >= 11 is 0. The van der Waals surface area contributed by atoms with Gasteiger partial charge in [-0.15, -0.1) is 0 Å². The average molecular weight is 178 g/mol. The van der Waals surface area contributed by atoms with E-state index in [4.69, 9.17) is 0 Å². The molecule has 1 aromatic rings. The van der Waals surface area contributed by atoms with Crippen LogP contribution in [0.25, 0.3) is 0 Å². The Labute approximate surface area is 66.8 Å². The van der Waals surface area contributed by atoms with Crippen molar-refractivity contribution in [3.63, 3.8) is 0 Å². The Balaban J connectivity index is 2.93. The number of halogens is 4. The van der Waals surface area contributed by atoms with Crippen LogP contribution in [-0.4, -0.2) is 0 Å². The number of hydrogen-bond acceptors (Lipinski definition) is 0. The topological polar surface area (TPSA) is 0 Å². The molecule has 0 N–H and O–H groups in total. The first-order valence-electron chi connectivity index (χ1n) is 3.26. The third kappa shape index (κ3) is 1.96. The molecule has 0 fully saturated rings. The summed E-state index contributed by atoms with van der Waals surface area (Å²) in [6.45, 7) is -0.738. The summed E-state index contributed by atoms with van der Waals surface area (Å²) in [5, 5.41) is 0. The van der Waals surface area contributed by atoms with Crippen molar-refractivity contribution in [2.45, 2.75) is 12.9 Å². The lowest BCUT2D eigenvalue weighted by molar-refractivity contribution is -0.137. The molecule has 0 spiro atoms. The van der Waals surface area contributed by atoms with Crippen molar-refractivity contribution in [2.24, 2.45) is 0 Å². The van der Waals surface area contributed by atoms with E-state index < -0.39 is 18.4 Å². The summed E-state index contributed by atoms with van der Waals surface area (Å²) < 4.78 is 47.7. The van der Waals surface area contributed by atoms with Crippen molar-refractivity contribution in [2.75, 3.05) is 0 Å². The van der Waals surface area contributed by atoms with E-state index in [1.54, 1.807) is 0 Å². The number of benzene rings is 1. The molecule has 12 heavy (non-hydrogen) atoms. The van der Waals surface area contributed by atoms with Gasteiger partial charge >= 0.3 is 6.18 Å². The summed E-state index contributed by atoms with van der Waals surface area (Å²) in [5.74, 6) is 0. The minimum absolute atomic E-state index is 0.253. The molecule has 0 nitrogen and oxygen atoms in total. The van der Waals surface area contributed by atoms with Crippen LogP contribution in [0.2, 0.25) is 0 Å². The van der Waals surface area contributed by atoms with Gasteiger partial charge in [0.2, 0.25) is 0 Å². The fourth-order valence-electron chi connectivity index (χ4n) is 0.783. The Morgan fingerprint density at radius 1 is 1.00 bits per heavy atom. The lowest BCUT2D eigenvalue weighted by Crippen LogP contribution is -2.04. The Morgan fingerprint density at radius 3 is 1.83 bits per heavy atom. The second-order valence-corrected chi connectivity index (χ2v) is 2.33. The third-order valence-electron chi connectivity index (χ3n) is 1.44. The van der Waals surface area contributed by atoms with E-state index in [1.807, 2.05) is 0 Å². The minimum atomic E-state index is -4.34. The predicted octanol–water partition coefficient (Wildman–Crippen LogP) is 3.17. The maximum absolute atomic E-state index is 11.9. The highest BCUT2D eigenvalue weighted by Gasteiger charge is 2.29. The molecule has 0 aliphatic heterocycles. The van der Waals surface area contributed by atoms with Crippen LogP contribution in [-0.2, 0) is 12.9 Å². The van der Waals surface area contributed by atoms with E-state index in [9.17, 15) is 17.6 Å². The Morgan fingerprint density at radius 2 is 1.50 bits per heavy atom. The zero-order valence-corrected chi connectivity index (χ0v) is 6.03. The lowest BCUT2D eigenvalue weighted by Gasteiger charge is -2.05. The largest absolute Gasteiger partial charge is 0.416 e. The van der Waals surface area contributed by atoms with Crippen LogP contribution in [0, 0.1) is 0 Å². The van der Waals surface area contributed by atoms with E-state index in [1.165, 1.54) is 0 Å². The standard InChI is InChI=1S/C8H6F4/c9-5-6-1-3-7(4-2-6)8(10,11)12/h1-4H,5H2. The maximum atomic E-state index is 11.9. The van der Waals surface area contributed by atoms with E-state index in [-0.39, 0.29) is 5.56 Å². The van der Waals surface area contributed by atoms with Gasteiger partial charge in [0.15, 0.2) is 0 Å². The zero-order chi connectivity index (χ0) is 9.19. The maximum Gasteiger partial charge on any atom is 0.416 e. The minimum Gasteiger partial charge on any atom is -0.246 e. The predicted molar refractivity (Wildman–Crippen MR) is 36.3 cm³/mol. The first-order chi connectivity index (χ1) is 5.54. The lowest BCUT2D eigenvalue weighted by atomic mass is 10.1. The van der Waals surface area contributed by atoms with Gasteiger partial charge in [0.1, 0.15) is 6.67 Å². The summed E-state index contributed by atoms with van der Waals surface area (Å²) in [6, 6.07) is 4.00. The molecule has 0 amide bonds. The van der Waals surface area contributed by atoms with Gasteiger partial charge in [-0.05, 0) is 17.7 Å². The van der Waals surface area contributed by atoms with Gasteiger partial charge in [-0.2, -0.15) is 13.2 Å². The van der Waals surface area contributed by atoms with Crippen LogP contribution in [0.4, 0.5) is 17.6 Å². The third-order valence-corrected chi connectivity index (χ3v) is 1.44. The number of hydrogen-bond donors (Lipinski definition) is 0. The normalized spacial score (nSPS) is 11.7. The number of rotatable bonds is 1. The second-order valence-electron chi connectivity index (χ2n) is 2.33. The molecule has 0 aliphatic carbocycles. The molecule has 0 saturated carbocycles. The smallest absolute Gasteiger partial charge is 0.246 e. The van der Waals surface area contributed by atoms with E-state index in [0.29, 0.717) is 0 Å². The van der Waals surface area contributed by atoms with E-state index in [2.05, 4.69) is 0 Å². The molecular formula is C8H6F4. The molecule has 66 valence electrons. The first kappa shape index (κ1) is 9.03. The quantitative estimate of drug-likeness (QED) is 0.579. The van der Waals surface area contributed by atoms with Crippen molar-refractivity contribution >= 4 is 0 Å². The van der Waals surface area contributed by atoms with Crippen molar-refractivity contribution in [1.29, 1.82) is 0 Å².